The van der Waals surface area contributed by atoms with Gasteiger partial charge < -0.3 is 24.5 Å². The molecule has 0 spiro atoms. The van der Waals surface area contributed by atoms with Crippen molar-refractivity contribution in [3.8, 4) is 16.9 Å². The van der Waals surface area contributed by atoms with Gasteiger partial charge in [-0.2, -0.15) is 5.10 Å². The predicted octanol–water partition coefficient (Wildman–Crippen LogP) is 8.10. The molecule has 9 heteroatoms. The van der Waals surface area contributed by atoms with Crippen LogP contribution in [0.15, 0.2) is 54.6 Å². The van der Waals surface area contributed by atoms with Gasteiger partial charge in [0.15, 0.2) is 5.82 Å². The van der Waals surface area contributed by atoms with Crippen molar-refractivity contribution < 1.29 is 19.4 Å². The number of aryl methyl sites for hydroxylation is 2. The Balaban J connectivity index is 0.00000442. The van der Waals surface area contributed by atoms with Gasteiger partial charge in [0.1, 0.15) is 11.4 Å². The molecule has 0 saturated carbocycles. The summed E-state index contributed by atoms with van der Waals surface area (Å²) in [6, 6.07) is 18.1. The molecule has 5 aromatic rings. The van der Waals surface area contributed by atoms with Gasteiger partial charge in [-0.15, -0.1) is 0 Å². The summed E-state index contributed by atoms with van der Waals surface area (Å²) in [5.41, 5.74) is 4.66. The maximum absolute atomic E-state index is 13.2. The molecular weight excluding hydrogens is 576 g/mol. The second-order valence-corrected chi connectivity index (χ2v) is 11.1. The van der Waals surface area contributed by atoms with Gasteiger partial charge in [0.05, 0.1) is 29.3 Å². The molecule has 44 heavy (non-hydrogen) atoms. The van der Waals surface area contributed by atoms with E-state index in [1.165, 1.54) is 0 Å². The van der Waals surface area contributed by atoms with Gasteiger partial charge in [-0.05, 0) is 69.0 Å². The summed E-state index contributed by atoms with van der Waals surface area (Å²) in [6.45, 7) is 5.53. The van der Waals surface area contributed by atoms with Gasteiger partial charge in [-0.3, -0.25) is 5.10 Å². The zero-order valence-corrected chi connectivity index (χ0v) is 25.8. The largest absolute Gasteiger partial charge is 0.493 e. The Morgan fingerprint density at radius 1 is 1.00 bits per heavy atom. The zero-order valence-electron chi connectivity index (χ0n) is 25.0. The Morgan fingerprint density at radius 3 is 2.59 bits per heavy atom. The number of hydrogen-bond acceptors (Lipinski definition) is 6. The number of aromatic amines is 2. The third kappa shape index (κ3) is 6.87. The molecule has 0 radical (unpaired) electrons. The number of unbranched alkanes of at least 4 members (excludes halogenated alkanes) is 2. The Labute approximate surface area is 264 Å². The van der Waals surface area contributed by atoms with Crippen LogP contribution in [0, 0.1) is 6.92 Å². The van der Waals surface area contributed by atoms with E-state index >= 15 is 0 Å². The van der Waals surface area contributed by atoms with E-state index in [4.69, 9.17) is 26.2 Å². The lowest BCUT2D eigenvalue weighted by Gasteiger charge is -2.19. The Bertz CT molecular complexity index is 1710. The minimum atomic E-state index is -0.393. The van der Waals surface area contributed by atoms with Crippen LogP contribution in [0.1, 0.15) is 61.8 Å². The SMILES string of the molecule is C.CCOC(=O)c1[nH]c2c(-c3c(N(C)CCCCCO)n[nH]c3C)c(Cl)ccc2c1CCCOc1cccc2ccccc12. The summed E-state index contributed by atoms with van der Waals surface area (Å²) in [5, 5.41) is 20.6. The Kier molecular flexibility index (Phi) is 11.3. The first-order valence-corrected chi connectivity index (χ1v) is 15.3. The lowest BCUT2D eigenvalue weighted by atomic mass is 9.99. The molecule has 0 fully saturated rings. The molecule has 8 nitrogen and oxygen atoms in total. The van der Waals surface area contributed by atoms with E-state index in [2.05, 4.69) is 38.3 Å². The van der Waals surface area contributed by atoms with Crippen molar-refractivity contribution >= 4 is 45.1 Å². The van der Waals surface area contributed by atoms with Crippen molar-refractivity contribution in [2.24, 2.45) is 0 Å². The standard InChI is InChI=1S/C34H39ClN4O4.CH4/c1-4-42-34(41)32-25(15-11-21-43-28-16-10-13-23-12-6-7-14-24(23)28)26-17-18-27(35)30(31(26)36-32)29-22(2)37-38-33(29)39(3)19-8-5-9-20-40;/h6-7,10,12-14,16-18,36,40H,4-5,8-9,11,15,19-21H2,1-3H3,(H,37,38);1H4. The van der Waals surface area contributed by atoms with Crippen molar-refractivity contribution in [2.45, 2.75) is 53.4 Å². The van der Waals surface area contributed by atoms with E-state index in [-0.39, 0.29) is 20.6 Å². The molecule has 0 unspecified atom stereocenters. The van der Waals surface area contributed by atoms with E-state index < -0.39 is 5.97 Å². The van der Waals surface area contributed by atoms with Gasteiger partial charge >= 0.3 is 5.97 Å². The molecule has 0 aliphatic heterocycles. The minimum Gasteiger partial charge on any atom is -0.493 e. The normalized spacial score (nSPS) is 11.1. The maximum atomic E-state index is 13.2. The van der Waals surface area contributed by atoms with Gasteiger partial charge in [0.25, 0.3) is 0 Å². The molecule has 5 rings (SSSR count). The van der Waals surface area contributed by atoms with Crippen LogP contribution in [0.2, 0.25) is 5.02 Å². The van der Waals surface area contributed by atoms with E-state index in [0.717, 1.165) is 81.4 Å². The monoisotopic (exact) mass is 618 g/mol. The van der Waals surface area contributed by atoms with Gasteiger partial charge in [0, 0.05) is 42.2 Å². The number of anilines is 1. The summed E-state index contributed by atoms with van der Waals surface area (Å²) in [5.74, 6) is 1.24. The number of carbonyl (C=O) groups excluding carboxylic acids is 1. The first kappa shape index (κ1) is 32.9. The molecule has 234 valence electrons. The van der Waals surface area contributed by atoms with Crippen molar-refractivity contribution in [1.82, 2.24) is 15.2 Å². The van der Waals surface area contributed by atoms with Crippen LogP contribution in [-0.4, -0.2) is 59.7 Å². The number of hydrogen-bond donors (Lipinski definition) is 3. The van der Waals surface area contributed by atoms with Crippen molar-refractivity contribution in [3.05, 3.63) is 76.6 Å². The highest BCUT2D eigenvalue weighted by Gasteiger charge is 2.26. The maximum Gasteiger partial charge on any atom is 0.355 e. The van der Waals surface area contributed by atoms with Crippen molar-refractivity contribution in [2.75, 3.05) is 38.3 Å². The number of benzene rings is 3. The number of nitrogens with one attached hydrogen (secondary N) is 2. The van der Waals surface area contributed by atoms with Crippen LogP contribution >= 0.6 is 11.6 Å². The van der Waals surface area contributed by atoms with E-state index in [0.29, 0.717) is 30.2 Å². The van der Waals surface area contributed by atoms with Gasteiger partial charge in [0.2, 0.25) is 0 Å². The molecule has 0 saturated heterocycles. The topological polar surface area (TPSA) is 103 Å². The summed E-state index contributed by atoms with van der Waals surface area (Å²) < 4.78 is 11.7. The quantitative estimate of drug-likeness (QED) is 0.0858. The highest BCUT2D eigenvalue weighted by molar-refractivity contribution is 6.35. The van der Waals surface area contributed by atoms with Crippen LogP contribution in [0.5, 0.6) is 5.75 Å². The summed E-state index contributed by atoms with van der Waals surface area (Å²) >= 11 is 6.89. The van der Waals surface area contributed by atoms with Gasteiger partial charge in [-0.1, -0.05) is 61.5 Å². The van der Waals surface area contributed by atoms with E-state index in [1.807, 2.05) is 50.4 Å². The fraction of sp³-hybridized carbons (Fsp3) is 0.371. The predicted molar refractivity (Wildman–Crippen MR) is 180 cm³/mol. The Morgan fingerprint density at radius 2 is 1.80 bits per heavy atom. The van der Waals surface area contributed by atoms with E-state index in [9.17, 15) is 4.79 Å². The molecule has 3 N–H and O–H groups in total. The van der Waals surface area contributed by atoms with Crippen molar-refractivity contribution in [3.63, 3.8) is 0 Å². The highest BCUT2D eigenvalue weighted by atomic mass is 35.5. The van der Waals surface area contributed by atoms with Crippen LogP contribution < -0.4 is 9.64 Å². The summed E-state index contributed by atoms with van der Waals surface area (Å²) in [6.07, 6.45) is 3.96. The molecule has 0 atom stereocenters. The minimum absolute atomic E-state index is 0. The number of esters is 1. The van der Waals surface area contributed by atoms with Crippen LogP contribution in [0.25, 0.3) is 32.8 Å². The van der Waals surface area contributed by atoms with Crippen LogP contribution in [0.3, 0.4) is 0 Å². The average Bonchev–Trinajstić information content (AvgIpc) is 3.58. The lowest BCUT2D eigenvalue weighted by molar-refractivity contribution is 0.0519. The second-order valence-electron chi connectivity index (χ2n) is 10.7. The molecular formula is C35H43ClN4O4. The summed E-state index contributed by atoms with van der Waals surface area (Å²) in [4.78, 5) is 18.7. The van der Waals surface area contributed by atoms with Gasteiger partial charge in [-0.25, -0.2) is 4.79 Å². The number of fused-ring (bicyclic) bond motifs is 2. The van der Waals surface area contributed by atoms with Crippen molar-refractivity contribution in [1.29, 1.82) is 0 Å². The molecule has 0 aliphatic rings. The molecule has 2 aromatic heterocycles. The number of nitrogens with zero attached hydrogens (tertiary/aromatic N) is 2. The molecule has 2 heterocycles. The average molecular weight is 619 g/mol. The van der Waals surface area contributed by atoms with Crippen LogP contribution in [-0.2, 0) is 11.2 Å². The summed E-state index contributed by atoms with van der Waals surface area (Å²) in [7, 11) is 2.01. The number of carbonyl (C=O) groups is 1. The number of aliphatic hydroxyl groups excluding tert-OH is 1. The number of H-pyrrole nitrogens is 2. The smallest absolute Gasteiger partial charge is 0.355 e. The molecule has 0 aliphatic carbocycles. The Hall–Kier alpha value is -4.01. The molecule has 0 amide bonds. The first-order valence-electron chi connectivity index (χ1n) is 14.9. The third-order valence-corrected chi connectivity index (χ3v) is 8.10. The van der Waals surface area contributed by atoms with Crippen LogP contribution in [0.4, 0.5) is 5.82 Å². The first-order chi connectivity index (χ1) is 20.9. The zero-order chi connectivity index (χ0) is 30.3. The highest BCUT2D eigenvalue weighted by Crippen LogP contribution is 2.42. The third-order valence-electron chi connectivity index (χ3n) is 7.78. The number of aromatic nitrogens is 3. The molecule has 0 bridgehead atoms. The second kappa shape index (κ2) is 15.1. The number of aliphatic hydroxyl groups is 1. The number of rotatable bonds is 14. The number of halogens is 1. The number of ether oxygens (including phenoxy) is 2. The molecule has 3 aromatic carbocycles. The van der Waals surface area contributed by atoms with E-state index in [1.54, 1.807) is 6.92 Å². The fourth-order valence-corrected chi connectivity index (χ4v) is 5.92. The lowest BCUT2D eigenvalue weighted by Crippen LogP contribution is -2.19. The fourth-order valence-electron chi connectivity index (χ4n) is 5.66.